The Hall–Kier alpha value is -0.680. The summed E-state index contributed by atoms with van der Waals surface area (Å²) in [5.41, 5.74) is 0. The fourth-order valence-corrected chi connectivity index (χ4v) is 4.06. The standard InChI is InChI=1S/C14H20BrN3O/c15-11-8-16-9-17-14(11)18-7-3-5-12(18)10-4-1-2-6-13(10)19/h8-10,12-13,19H,1-7H2. The normalized spacial score (nSPS) is 31.7. The molecule has 1 aromatic rings. The average molecular weight is 326 g/mol. The predicted molar refractivity (Wildman–Crippen MR) is 78.1 cm³/mol. The van der Waals surface area contributed by atoms with E-state index in [4.69, 9.17) is 0 Å². The monoisotopic (exact) mass is 325 g/mol. The summed E-state index contributed by atoms with van der Waals surface area (Å²) in [6.45, 7) is 1.03. The highest BCUT2D eigenvalue weighted by Gasteiger charge is 2.37. The lowest BCUT2D eigenvalue weighted by molar-refractivity contribution is 0.0565. The predicted octanol–water partition coefficient (Wildman–Crippen LogP) is 2.76. The molecule has 3 atom stereocenters. The molecule has 3 unspecified atom stereocenters. The molecule has 2 aliphatic rings. The first kappa shape index (κ1) is 13.3. The van der Waals surface area contributed by atoms with Gasteiger partial charge in [0.1, 0.15) is 12.1 Å². The third-order valence-corrected chi connectivity index (χ3v) is 5.05. The molecule has 0 spiro atoms. The van der Waals surface area contributed by atoms with Crippen molar-refractivity contribution in [3.63, 3.8) is 0 Å². The van der Waals surface area contributed by atoms with Crippen LogP contribution in [-0.2, 0) is 0 Å². The van der Waals surface area contributed by atoms with E-state index in [1.807, 2.05) is 0 Å². The van der Waals surface area contributed by atoms with Crippen LogP contribution in [0.5, 0.6) is 0 Å². The highest BCUT2D eigenvalue weighted by molar-refractivity contribution is 9.10. The minimum absolute atomic E-state index is 0.139. The molecule has 4 nitrogen and oxygen atoms in total. The molecule has 3 rings (SSSR count). The van der Waals surface area contributed by atoms with Gasteiger partial charge in [-0.2, -0.15) is 0 Å². The fraction of sp³-hybridized carbons (Fsp3) is 0.714. The number of anilines is 1. The summed E-state index contributed by atoms with van der Waals surface area (Å²) in [6.07, 6.45) is 10.1. The van der Waals surface area contributed by atoms with E-state index in [-0.39, 0.29) is 6.10 Å². The quantitative estimate of drug-likeness (QED) is 0.908. The van der Waals surface area contributed by atoms with E-state index in [2.05, 4.69) is 30.8 Å². The molecule has 5 heteroatoms. The highest BCUT2D eigenvalue weighted by Crippen LogP contribution is 2.38. The molecular formula is C14H20BrN3O. The Morgan fingerprint density at radius 3 is 2.84 bits per heavy atom. The topological polar surface area (TPSA) is 49.2 Å². The number of rotatable bonds is 2. The molecule has 1 saturated carbocycles. The molecule has 1 aromatic heterocycles. The van der Waals surface area contributed by atoms with Crippen LogP contribution in [0.2, 0.25) is 0 Å². The highest BCUT2D eigenvalue weighted by atomic mass is 79.9. The van der Waals surface area contributed by atoms with Gasteiger partial charge in [-0.3, -0.25) is 0 Å². The second kappa shape index (κ2) is 5.75. The number of aliphatic hydroxyl groups is 1. The van der Waals surface area contributed by atoms with Gasteiger partial charge >= 0.3 is 0 Å². The van der Waals surface area contributed by atoms with Crippen molar-refractivity contribution in [2.45, 2.75) is 50.7 Å². The van der Waals surface area contributed by atoms with Gasteiger partial charge in [-0.05, 0) is 41.6 Å². The molecule has 1 saturated heterocycles. The largest absolute Gasteiger partial charge is 0.393 e. The maximum absolute atomic E-state index is 10.3. The van der Waals surface area contributed by atoms with Crippen LogP contribution in [0.15, 0.2) is 17.0 Å². The Bertz CT molecular complexity index is 442. The van der Waals surface area contributed by atoms with Crippen molar-refractivity contribution in [1.82, 2.24) is 9.97 Å². The van der Waals surface area contributed by atoms with Crippen LogP contribution in [-0.4, -0.2) is 33.8 Å². The maximum atomic E-state index is 10.3. The van der Waals surface area contributed by atoms with Crippen molar-refractivity contribution in [2.75, 3.05) is 11.4 Å². The molecule has 1 N–H and O–H groups in total. The second-order valence-electron chi connectivity index (χ2n) is 5.61. The zero-order chi connectivity index (χ0) is 13.2. The van der Waals surface area contributed by atoms with Crippen LogP contribution in [0.3, 0.4) is 0 Å². The minimum atomic E-state index is -0.139. The van der Waals surface area contributed by atoms with Gasteiger partial charge in [0, 0.05) is 24.7 Å². The zero-order valence-electron chi connectivity index (χ0n) is 11.0. The van der Waals surface area contributed by atoms with E-state index in [9.17, 15) is 5.11 Å². The van der Waals surface area contributed by atoms with E-state index in [1.165, 1.54) is 19.3 Å². The molecule has 0 bridgehead atoms. The Labute approximate surface area is 122 Å². The summed E-state index contributed by atoms with van der Waals surface area (Å²) in [5.74, 6) is 1.38. The molecule has 0 amide bonds. The Balaban J connectivity index is 1.83. The molecule has 0 aromatic carbocycles. The smallest absolute Gasteiger partial charge is 0.146 e. The lowest BCUT2D eigenvalue weighted by atomic mass is 9.80. The first-order valence-corrected chi connectivity index (χ1v) is 7.97. The number of aromatic nitrogens is 2. The summed E-state index contributed by atoms with van der Waals surface area (Å²) in [5, 5.41) is 10.3. The van der Waals surface area contributed by atoms with E-state index >= 15 is 0 Å². The van der Waals surface area contributed by atoms with Gasteiger partial charge in [0.05, 0.1) is 10.6 Å². The van der Waals surface area contributed by atoms with Crippen LogP contribution in [0.25, 0.3) is 0 Å². The number of aliphatic hydroxyl groups excluding tert-OH is 1. The van der Waals surface area contributed by atoms with Crippen molar-refractivity contribution in [2.24, 2.45) is 5.92 Å². The number of nitrogens with zero attached hydrogens (tertiary/aromatic N) is 3. The Kier molecular flexibility index (Phi) is 4.03. The van der Waals surface area contributed by atoms with E-state index < -0.39 is 0 Å². The lowest BCUT2D eigenvalue weighted by Crippen LogP contribution is -2.43. The lowest BCUT2D eigenvalue weighted by Gasteiger charge is -2.37. The SMILES string of the molecule is OC1CCCCC1C1CCCN1c1ncncc1Br. The summed E-state index contributed by atoms with van der Waals surface area (Å²) >= 11 is 3.54. The molecule has 1 aliphatic heterocycles. The fourth-order valence-electron chi connectivity index (χ4n) is 3.61. The molecular weight excluding hydrogens is 306 g/mol. The maximum Gasteiger partial charge on any atom is 0.146 e. The summed E-state index contributed by atoms with van der Waals surface area (Å²) in [7, 11) is 0. The number of hydrogen-bond acceptors (Lipinski definition) is 4. The third kappa shape index (κ3) is 2.63. The van der Waals surface area contributed by atoms with Gasteiger partial charge in [0.2, 0.25) is 0 Å². The van der Waals surface area contributed by atoms with Crippen LogP contribution < -0.4 is 4.90 Å². The molecule has 19 heavy (non-hydrogen) atoms. The van der Waals surface area contributed by atoms with E-state index in [0.717, 1.165) is 36.1 Å². The van der Waals surface area contributed by atoms with Crippen molar-refractivity contribution in [1.29, 1.82) is 0 Å². The molecule has 0 radical (unpaired) electrons. The van der Waals surface area contributed by atoms with Crippen molar-refractivity contribution in [3.8, 4) is 0 Å². The van der Waals surface area contributed by atoms with Gasteiger partial charge in [-0.15, -0.1) is 0 Å². The first-order chi connectivity index (χ1) is 9.27. The van der Waals surface area contributed by atoms with Crippen LogP contribution in [0.1, 0.15) is 38.5 Å². The molecule has 104 valence electrons. The van der Waals surface area contributed by atoms with Crippen molar-refractivity contribution in [3.05, 3.63) is 17.0 Å². The number of hydrogen-bond donors (Lipinski definition) is 1. The van der Waals surface area contributed by atoms with Crippen LogP contribution in [0, 0.1) is 5.92 Å². The molecule has 2 heterocycles. The molecule has 1 aliphatic carbocycles. The first-order valence-electron chi connectivity index (χ1n) is 7.17. The second-order valence-corrected chi connectivity index (χ2v) is 6.47. The van der Waals surface area contributed by atoms with E-state index in [1.54, 1.807) is 12.5 Å². The van der Waals surface area contributed by atoms with Crippen molar-refractivity contribution < 1.29 is 5.11 Å². The summed E-state index contributed by atoms with van der Waals surface area (Å²) in [6, 6.07) is 0.432. The summed E-state index contributed by atoms with van der Waals surface area (Å²) in [4.78, 5) is 10.8. The number of halogens is 1. The van der Waals surface area contributed by atoms with Crippen molar-refractivity contribution >= 4 is 21.7 Å². The Morgan fingerprint density at radius 2 is 2.05 bits per heavy atom. The third-order valence-electron chi connectivity index (χ3n) is 4.50. The van der Waals surface area contributed by atoms with Crippen LogP contribution in [0.4, 0.5) is 5.82 Å². The van der Waals surface area contributed by atoms with Gasteiger partial charge in [-0.25, -0.2) is 9.97 Å². The van der Waals surface area contributed by atoms with Gasteiger partial charge in [-0.1, -0.05) is 12.8 Å². The average Bonchev–Trinajstić information content (AvgIpc) is 2.89. The van der Waals surface area contributed by atoms with Crippen LogP contribution >= 0.6 is 15.9 Å². The summed E-state index contributed by atoms with van der Waals surface area (Å²) < 4.78 is 0.951. The zero-order valence-corrected chi connectivity index (χ0v) is 12.6. The van der Waals surface area contributed by atoms with Gasteiger partial charge in [0.15, 0.2) is 0 Å². The van der Waals surface area contributed by atoms with Gasteiger partial charge < -0.3 is 10.0 Å². The van der Waals surface area contributed by atoms with E-state index in [0.29, 0.717) is 12.0 Å². The Morgan fingerprint density at radius 1 is 1.21 bits per heavy atom. The van der Waals surface area contributed by atoms with Gasteiger partial charge in [0.25, 0.3) is 0 Å². The minimum Gasteiger partial charge on any atom is -0.393 e. The molecule has 2 fully saturated rings.